The zero-order valence-electron chi connectivity index (χ0n) is 8.61. The van der Waals surface area contributed by atoms with Crippen LogP contribution in [0.2, 0.25) is 19.0 Å². The third-order valence-corrected chi connectivity index (χ3v) is 3.41. The van der Waals surface area contributed by atoms with Gasteiger partial charge in [0.25, 0.3) is 0 Å². The van der Waals surface area contributed by atoms with Crippen LogP contribution in [0.4, 0.5) is 0 Å². The highest BCUT2D eigenvalue weighted by molar-refractivity contribution is 14.1. The largest absolute Gasteiger partial charge is 0.139 e. The van der Waals surface area contributed by atoms with Crippen molar-refractivity contribution < 1.29 is 0 Å². The highest BCUT2D eigenvalue weighted by atomic mass is 127. The summed E-state index contributed by atoms with van der Waals surface area (Å²) in [5.41, 5.74) is 0. The molecule has 0 aliphatic rings. The minimum Gasteiger partial charge on any atom is -0.0864 e. The topological polar surface area (TPSA) is 0 Å². The maximum atomic E-state index is 2.47. The summed E-state index contributed by atoms with van der Waals surface area (Å²) >= 11 is 2.47. The molecule has 0 saturated heterocycles. The van der Waals surface area contributed by atoms with Gasteiger partial charge in [-0.05, 0) is 10.8 Å². The first-order chi connectivity index (χ1) is 5.85. The molecule has 0 aromatic carbocycles. The molecule has 12 heavy (non-hydrogen) atoms. The number of halogens is 1. The fraction of sp³-hybridized carbons (Fsp3) is 1.00. The molecule has 0 saturated carbocycles. The summed E-state index contributed by atoms with van der Waals surface area (Å²) < 4.78 is 1.34. The van der Waals surface area contributed by atoms with E-state index in [1.165, 1.54) is 49.1 Å². The Kier molecular flexibility index (Phi) is 10.5. The molecule has 0 aliphatic carbocycles. The van der Waals surface area contributed by atoms with E-state index in [1.54, 1.807) is 0 Å². The molecule has 2 heteroatoms. The fourth-order valence-corrected chi connectivity index (χ4v) is 2.12. The quantitative estimate of drug-likeness (QED) is 0.265. The van der Waals surface area contributed by atoms with Crippen LogP contribution in [0.1, 0.15) is 39.5 Å². The summed E-state index contributed by atoms with van der Waals surface area (Å²) in [6.07, 6.45) is 10.0. The van der Waals surface area contributed by atoms with E-state index in [0.29, 0.717) is 0 Å². The Hall–Kier alpha value is 0.795. The third-order valence-electron chi connectivity index (χ3n) is 2.65. The van der Waals surface area contributed by atoms with Crippen molar-refractivity contribution in [3.8, 4) is 0 Å². The second-order valence-corrected chi connectivity index (χ2v) is 4.65. The van der Waals surface area contributed by atoms with Crippen LogP contribution in [0.3, 0.4) is 0 Å². The van der Waals surface area contributed by atoms with E-state index in [2.05, 4.69) is 36.4 Å². The van der Waals surface area contributed by atoms with Crippen molar-refractivity contribution in [3.63, 3.8) is 0 Å². The van der Waals surface area contributed by atoms with Crippen molar-refractivity contribution >= 4 is 29.3 Å². The first-order valence-electron chi connectivity index (χ1n) is 5.41. The second-order valence-electron chi connectivity index (χ2n) is 3.57. The van der Waals surface area contributed by atoms with Crippen LogP contribution < -0.4 is 0 Å². The smallest absolute Gasteiger partial charge is 0.0864 e. The molecule has 0 unspecified atom stereocenters. The summed E-state index contributed by atoms with van der Waals surface area (Å²) in [4.78, 5) is 0. The van der Waals surface area contributed by atoms with Crippen LogP contribution in [0.15, 0.2) is 0 Å². The van der Waals surface area contributed by atoms with Gasteiger partial charge < -0.3 is 0 Å². The molecule has 0 N–H and O–H groups in total. The molecule has 0 aromatic heterocycles. The number of unbranched alkanes of at least 4 members (excludes halogenated alkanes) is 3. The average molecular weight is 280 g/mol. The first-order valence-corrected chi connectivity index (χ1v) is 6.93. The molecule has 0 aromatic rings. The molecule has 0 amide bonds. The van der Waals surface area contributed by atoms with Crippen molar-refractivity contribution in [2.45, 2.75) is 58.5 Å². The summed E-state index contributed by atoms with van der Waals surface area (Å²) in [6, 6.07) is 0. The normalized spacial score (nSPS) is 10.2. The molecule has 0 bridgehead atoms. The van der Waals surface area contributed by atoms with Crippen LogP contribution in [0.5, 0.6) is 0 Å². The minimum absolute atomic E-state index is 1.00. The monoisotopic (exact) mass is 280 g/mol. The van der Waals surface area contributed by atoms with Gasteiger partial charge in [-0.1, -0.05) is 74.7 Å². The van der Waals surface area contributed by atoms with Crippen molar-refractivity contribution in [1.82, 2.24) is 0 Å². The van der Waals surface area contributed by atoms with Crippen molar-refractivity contribution in [1.29, 1.82) is 0 Å². The fourth-order valence-electron chi connectivity index (χ4n) is 1.58. The molecule has 0 fully saturated rings. The third kappa shape index (κ3) is 7.44. The number of alkyl halides is 1. The van der Waals surface area contributed by atoms with Crippen LogP contribution in [0.25, 0.3) is 0 Å². The van der Waals surface area contributed by atoms with E-state index in [0.717, 1.165) is 6.71 Å². The lowest BCUT2D eigenvalue weighted by atomic mass is 9.43. The van der Waals surface area contributed by atoms with Gasteiger partial charge in [-0.25, -0.2) is 0 Å². The van der Waals surface area contributed by atoms with Gasteiger partial charge in [-0.2, -0.15) is 0 Å². The SMILES string of the molecule is CCB(CC)CCCCCCI. The first kappa shape index (κ1) is 12.8. The molecule has 0 radical (unpaired) electrons. The lowest BCUT2D eigenvalue weighted by Crippen LogP contribution is -2.07. The molecule has 0 aliphatic heterocycles. The zero-order chi connectivity index (χ0) is 9.23. The number of hydrogen-bond acceptors (Lipinski definition) is 0. The van der Waals surface area contributed by atoms with E-state index in [-0.39, 0.29) is 0 Å². The van der Waals surface area contributed by atoms with Gasteiger partial charge in [0.05, 0.1) is 0 Å². The zero-order valence-corrected chi connectivity index (χ0v) is 10.8. The Labute approximate surface area is 92.1 Å². The summed E-state index contributed by atoms with van der Waals surface area (Å²) in [6.45, 7) is 5.64. The van der Waals surface area contributed by atoms with Gasteiger partial charge in [0.15, 0.2) is 0 Å². The summed E-state index contributed by atoms with van der Waals surface area (Å²) in [7, 11) is 0. The van der Waals surface area contributed by atoms with E-state index in [4.69, 9.17) is 0 Å². The van der Waals surface area contributed by atoms with Crippen molar-refractivity contribution in [2.24, 2.45) is 0 Å². The van der Waals surface area contributed by atoms with Gasteiger partial charge in [0.2, 0.25) is 0 Å². The Morgan fingerprint density at radius 1 is 0.917 bits per heavy atom. The molecule has 0 nitrogen and oxygen atoms in total. The lowest BCUT2D eigenvalue weighted by molar-refractivity contribution is 0.705. The van der Waals surface area contributed by atoms with Gasteiger partial charge in [-0.3, -0.25) is 0 Å². The molecular weight excluding hydrogens is 258 g/mol. The molecule has 0 spiro atoms. The van der Waals surface area contributed by atoms with Crippen LogP contribution in [0, 0.1) is 0 Å². The van der Waals surface area contributed by atoms with E-state index < -0.39 is 0 Å². The maximum Gasteiger partial charge on any atom is 0.139 e. The van der Waals surface area contributed by atoms with Crippen molar-refractivity contribution in [3.05, 3.63) is 0 Å². The Morgan fingerprint density at radius 2 is 1.50 bits per heavy atom. The standard InChI is InChI=1S/C10H22BI/c1-3-11(4-2)9-7-5-6-8-10-12/h3-10H2,1-2H3. The molecule has 0 heterocycles. The predicted octanol–water partition coefficient (Wildman–Crippen LogP) is 4.52. The summed E-state index contributed by atoms with van der Waals surface area (Å²) in [5, 5.41) is 0. The van der Waals surface area contributed by atoms with Gasteiger partial charge >= 0.3 is 0 Å². The van der Waals surface area contributed by atoms with Gasteiger partial charge in [-0.15, -0.1) is 0 Å². The second kappa shape index (κ2) is 9.88. The van der Waals surface area contributed by atoms with Crippen molar-refractivity contribution in [2.75, 3.05) is 4.43 Å². The molecular formula is C10H22BI. The predicted molar refractivity (Wildman–Crippen MR) is 68.9 cm³/mol. The Balaban J connectivity index is 3.06. The maximum absolute atomic E-state index is 2.47. The summed E-state index contributed by atoms with van der Waals surface area (Å²) in [5.74, 6) is 0. The van der Waals surface area contributed by atoms with Crippen LogP contribution in [-0.2, 0) is 0 Å². The van der Waals surface area contributed by atoms with Crippen LogP contribution in [-0.4, -0.2) is 11.1 Å². The molecule has 72 valence electrons. The average Bonchev–Trinajstić information content (AvgIpc) is 2.11. The number of rotatable bonds is 8. The van der Waals surface area contributed by atoms with Gasteiger partial charge in [0, 0.05) is 0 Å². The Morgan fingerprint density at radius 3 is 2.00 bits per heavy atom. The number of hydrogen-bond donors (Lipinski definition) is 0. The van der Waals surface area contributed by atoms with Gasteiger partial charge in [0.1, 0.15) is 6.71 Å². The molecule has 0 rings (SSSR count). The molecule has 0 atom stereocenters. The minimum atomic E-state index is 1.00. The van der Waals surface area contributed by atoms with E-state index in [1.807, 2.05) is 0 Å². The lowest BCUT2D eigenvalue weighted by Gasteiger charge is -2.07. The highest BCUT2D eigenvalue weighted by Gasteiger charge is 2.06. The van der Waals surface area contributed by atoms with Crippen LogP contribution >= 0.6 is 22.6 Å². The van der Waals surface area contributed by atoms with E-state index >= 15 is 0 Å². The Bertz CT molecular complexity index is 81.9. The van der Waals surface area contributed by atoms with E-state index in [9.17, 15) is 0 Å². The highest BCUT2D eigenvalue weighted by Crippen LogP contribution is 2.11.